The monoisotopic (exact) mass is 344 g/mol. The van der Waals surface area contributed by atoms with Crippen LogP contribution in [-0.4, -0.2) is 54.5 Å². The van der Waals surface area contributed by atoms with E-state index in [2.05, 4.69) is 36.1 Å². The summed E-state index contributed by atoms with van der Waals surface area (Å²) in [6.45, 7) is 7.12. The summed E-state index contributed by atoms with van der Waals surface area (Å²) in [5, 5.41) is 0. The van der Waals surface area contributed by atoms with E-state index in [-0.39, 0.29) is 23.8 Å². The van der Waals surface area contributed by atoms with Gasteiger partial charge in [-0.1, -0.05) is 24.3 Å². The van der Waals surface area contributed by atoms with Gasteiger partial charge in [-0.3, -0.25) is 14.5 Å². The predicted octanol–water partition coefficient (Wildman–Crippen LogP) is 2.41. The summed E-state index contributed by atoms with van der Waals surface area (Å²) in [4.78, 5) is 28.7. The number of benzene rings is 1. The predicted molar refractivity (Wildman–Crippen MR) is 96.1 cm³/mol. The molecule has 1 unspecified atom stereocenters. The van der Waals surface area contributed by atoms with E-state index in [0.29, 0.717) is 39.1 Å². The van der Waals surface area contributed by atoms with E-state index in [4.69, 9.17) is 4.74 Å². The van der Waals surface area contributed by atoms with Gasteiger partial charge >= 0.3 is 5.97 Å². The molecule has 0 radical (unpaired) electrons. The Hall–Kier alpha value is -1.88. The van der Waals surface area contributed by atoms with Crippen molar-refractivity contribution in [3.8, 4) is 0 Å². The molecule has 0 bridgehead atoms. The SMILES string of the molecule is CCOC(=O)C1CCN(C(=O)CN2CCc3ccccc3C2C)CC1. The minimum absolute atomic E-state index is 0.0511. The van der Waals surface area contributed by atoms with E-state index in [9.17, 15) is 9.59 Å². The van der Waals surface area contributed by atoms with Crippen LogP contribution in [0, 0.1) is 5.92 Å². The maximum Gasteiger partial charge on any atom is 0.309 e. The lowest BCUT2D eigenvalue weighted by molar-refractivity contribution is -0.151. The van der Waals surface area contributed by atoms with Gasteiger partial charge in [-0.2, -0.15) is 0 Å². The van der Waals surface area contributed by atoms with Crippen molar-refractivity contribution in [2.75, 3.05) is 32.8 Å². The third kappa shape index (κ3) is 4.03. The molecular weight excluding hydrogens is 316 g/mol. The van der Waals surface area contributed by atoms with E-state index in [1.807, 2.05) is 11.8 Å². The van der Waals surface area contributed by atoms with Gasteiger partial charge in [-0.05, 0) is 44.2 Å². The van der Waals surface area contributed by atoms with Gasteiger partial charge in [0.2, 0.25) is 5.91 Å². The molecule has 5 heteroatoms. The molecular formula is C20H28N2O3. The van der Waals surface area contributed by atoms with Crippen molar-refractivity contribution in [2.24, 2.45) is 5.92 Å². The van der Waals surface area contributed by atoms with Gasteiger partial charge in [-0.15, -0.1) is 0 Å². The van der Waals surface area contributed by atoms with Crippen molar-refractivity contribution in [1.29, 1.82) is 0 Å². The number of piperidine rings is 1. The highest BCUT2D eigenvalue weighted by Crippen LogP contribution is 2.29. The number of fused-ring (bicyclic) bond motifs is 1. The minimum Gasteiger partial charge on any atom is -0.466 e. The first kappa shape index (κ1) is 17.9. The molecule has 0 aliphatic carbocycles. The minimum atomic E-state index is -0.115. The molecule has 5 nitrogen and oxygen atoms in total. The second-order valence-electron chi connectivity index (χ2n) is 7.00. The van der Waals surface area contributed by atoms with E-state index >= 15 is 0 Å². The van der Waals surface area contributed by atoms with E-state index in [1.165, 1.54) is 11.1 Å². The Bertz CT molecular complexity index is 623. The van der Waals surface area contributed by atoms with Gasteiger partial charge in [0, 0.05) is 25.7 Å². The van der Waals surface area contributed by atoms with Crippen LogP contribution in [0.4, 0.5) is 0 Å². The van der Waals surface area contributed by atoms with Crippen LogP contribution in [0.3, 0.4) is 0 Å². The molecule has 2 heterocycles. The number of likely N-dealkylation sites (tertiary alicyclic amines) is 1. The molecule has 0 saturated carbocycles. The summed E-state index contributed by atoms with van der Waals surface area (Å²) in [6.07, 6.45) is 2.42. The zero-order chi connectivity index (χ0) is 17.8. The second kappa shape index (κ2) is 8.00. The lowest BCUT2D eigenvalue weighted by Crippen LogP contribution is -2.47. The number of carbonyl (C=O) groups is 2. The van der Waals surface area contributed by atoms with Crippen LogP contribution in [0.25, 0.3) is 0 Å². The van der Waals surface area contributed by atoms with E-state index < -0.39 is 0 Å². The van der Waals surface area contributed by atoms with E-state index in [1.54, 1.807) is 0 Å². The van der Waals surface area contributed by atoms with Gasteiger partial charge in [-0.25, -0.2) is 0 Å². The van der Waals surface area contributed by atoms with Crippen molar-refractivity contribution >= 4 is 11.9 Å². The van der Waals surface area contributed by atoms with Gasteiger partial charge in [0.15, 0.2) is 0 Å². The number of amides is 1. The molecule has 1 fully saturated rings. The standard InChI is InChI=1S/C20H28N2O3/c1-3-25-20(24)17-9-11-21(12-10-17)19(23)14-22-13-8-16-6-4-5-7-18(16)15(22)2/h4-7,15,17H,3,8-14H2,1-2H3. The Labute approximate surface area is 149 Å². The molecule has 25 heavy (non-hydrogen) atoms. The summed E-state index contributed by atoms with van der Waals surface area (Å²) in [7, 11) is 0. The van der Waals surface area contributed by atoms with Crippen LogP contribution in [0.15, 0.2) is 24.3 Å². The summed E-state index contributed by atoms with van der Waals surface area (Å²) < 4.78 is 5.10. The van der Waals surface area contributed by atoms with Crippen molar-refractivity contribution in [2.45, 2.75) is 39.2 Å². The highest BCUT2D eigenvalue weighted by atomic mass is 16.5. The third-order valence-corrected chi connectivity index (χ3v) is 5.53. The Kier molecular flexibility index (Phi) is 5.74. The number of hydrogen-bond acceptors (Lipinski definition) is 4. The van der Waals surface area contributed by atoms with Crippen molar-refractivity contribution in [1.82, 2.24) is 9.80 Å². The molecule has 2 aliphatic rings. The Morgan fingerprint density at radius 2 is 1.88 bits per heavy atom. The highest BCUT2D eigenvalue weighted by molar-refractivity contribution is 5.79. The fourth-order valence-corrected chi connectivity index (χ4v) is 3.94. The number of nitrogens with zero attached hydrogens (tertiary/aromatic N) is 2. The molecule has 136 valence electrons. The number of carbonyl (C=O) groups excluding carboxylic acids is 2. The van der Waals surface area contributed by atoms with E-state index in [0.717, 1.165) is 13.0 Å². The smallest absolute Gasteiger partial charge is 0.309 e. The maximum absolute atomic E-state index is 12.7. The number of esters is 1. The first-order valence-electron chi connectivity index (χ1n) is 9.36. The van der Waals surface area contributed by atoms with Crippen LogP contribution in [-0.2, 0) is 20.7 Å². The Morgan fingerprint density at radius 3 is 2.60 bits per heavy atom. The molecule has 2 aliphatic heterocycles. The maximum atomic E-state index is 12.7. The molecule has 3 rings (SSSR count). The van der Waals surface area contributed by atoms with Crippen molar-refractivity contribution in [3.63, 3.8) is 0 Å². The van der Waals surface area contributed by atoms with Crippen LogP contribution in [0.1, 0.15) is 43.9 Å². The Morgan fingerprint density at radius 1 is 1.16 bits per heavy atom. The number of ether oxygens (including phenoxy) is 1. The molecule has 0 aromatic heterocycles. The van der Waals surface area contributed by atoms with Crippen molar-refractivity contribution < 1.29 is 14.3 Å². The largest absolute Gasteiger partial charge is 0.466 e. The average molecular weight is 344 g/mol. The molecule has 1 aromatic carbocycles. The highest BCUT2D eigenvalue weighted by Gasteiger charge is 2.30. The number of hydrogen-bond donors (Lipinski definition) is 0. The Balaban J connectivity index is 1.53. The first-order valence-corrected chi connectivity index (χ1v) is 9.36. The molecule has 1 aromatic rings. The normalized spacial score (nSPS) is 21.7. The van der Waals surface area contributed by atoms with Crippen LogP contribution >= 0.6 is 0 Å². The molecule has 1 amide bonds. The molecule has 0 spiro atoms. The lowest BCUT2D eigenvalue weighted by atomic mass is 9.93. The summed E-state index contributed by atoms with van der Waals surface area (Å²) in [5.41, 5.74) is 2.73. The fraction of sp³-hybridized carbons (Fsp3) is 0.600. The topological polar surface area (TPSA) is 49.9 Å². The quantitative estimate of drug-likeness (QED) is 0.787. The lowest BCUT2D eigenvalue weighted by Gasteiger charge is -2.37. The average Bonchev–Trinajstić information content (AvgIpc) is 2.64. The van der Waals surface area contributed by atoms with Gasteiger partial charge < -0.3 is 9.64 Å². The van der Waals surface area contributed by atoms with Crippen LogP contribution < -0.4 is 0 Å². The van der Waals surface area contributed by atoms with Crippen molar-refractivity contribution in [3.05, 3.63) is 35.4 Å². The van der Waals surface area contributed by atoms with Crippen LogP contribution in [0.5, 0.6) is 0 Å². The summed E-state index contributed by atoms with van der Waals surface area (Å²) in [5.74, 6) is 0.00851. The molecule has 1 saturated heterocycles. The van der Waals surface area contributed by atoms with Gasteiger partial charge in [0.1, 0.15) is 0 Å². The molecule has 1 atom stereocenters. The zero-order valence-electron chi connectivity index (χ0n) is 15.2. The first-order chi connectivity index (χ1) is 12.1. The number of rotatable bonds is 4. The second-order valence-corrected chi connectivity index (χ2v) is 7.00. The summed E-state index contributed by atoms with van der Waals surface area (Å²) in [6, 6.07) is 8.78. The molecule has 0 N–H and O–H groups in total. The summed E-state index contributed by atoms with van der Waals surface area (Å²) >= 11 is 0. The fourth-order valence-electron chi connectivity index (χ4n) is 3.94. The van der Waals surface area contributed by atoms with Gasteiger partial charge in [0.25, 0.3) is 0 Å². The van der Waals surface area contributed by atoms with Gasteiger partial charge in [0.05, 0.1) is 19.1 Å². The third-order valence-electron chi connectivity index (χ3n) is 5.53. The van der Waals surface area contributed by atoms with Crippen LogP contribution in [0.2, 0.25) is 0 Å². The zero-order valence-corrected chi connectivity index (χ0v) is 15.2.